The maximum absolute atomic E-state index is 12.3. The fourth-order valence-corrected chi connectivity index (χ4v) is 2.79. The van der Waals surface area contributed by atoms with E-state index in [0.717, 1.165) is 30.9 Å². The Kier molecular flexibility index (Phi) is 2.73. The highest BCUT2D eigenvalue weighted by Crippen LogP contribution is 2.13. The Balaban J connectivity index is 1.51. The number of hydrogen-bond donors (Lipinski definition) is 1. The van der Waals surface area contributed by atoms with Gasteiger partial charge >= 0.3 is 0 Å². The molecular formula is C15H15N5O. The average molecular weight is 281 g/mol. The maximum atomic E-state index is 12.3. The number of nitrogens with zero attached hydrogens (tertiary/aromatic N) is 4. The molecule has 6 heteroatoms. The van der Waals surface area contributed by atoms with Crippen molar-refractivity contribution in [2.45, 2.75) is 25.4 Å². The van der Waals surface area contributed by atoms with Crippen LogP contribution < -0.4 is 5.32 Å². The van der Waals surface area contributed by atoms with Gasteiger partial charge in [0.15, 0.2) is 0 Å². The molecule has 4 rings (SSSR count). The highest BCUT2D eigenvalue weighted by atomic mass is 16.2. The van der Waals surface area contributed by atoms with E-state index in [2.05, 4.69) is 19.9 Å². The van der Waals surface area contributed by atoms with Crippen LogP contribution >= 0.6 is 0 Å². The lowest BCUT2D eigenvalue weighted by molar-refractivity contribution is 0.0923. The highest BCUT2D eigenvalue weighted by molar-refractivity contribution is 5.93. The second-order valence-electron chi connectivity index (χ2n) is 5.30. The lowest BCUT2D eigenvalue weighted by Crippen LogP contribution is -2.41. The van der Waals surface area contributed by atoms with Gasteiger partial charge < -0.3 is 14.3 Å². The van der Waals surface area contributed by atoms with Gasteiger partial charge in [-0.25, -0.2) is 9.97 Å². The van der Waals surface area contributed by atoms with Crippen molar-refractivity contribution in [3.63, 3.8) is 0 Å². The SMILES string of the molecule is O=C(N[C@H]1CCc2nccn2C1)c1cn2ccccc2n1. The zero-order chi connectivity index (χ0) is 14.2. The van der Waals surface area contributed by atoms with Crippen LogP contribution in [0.1, 0.15) is 22.7 Å². The molecule has 21 heavy (non-hydrogen) atoms. The van der Waals surface area contributed by atoms with Gasteiger partial charge in [0.05, 0.1) is 0 Å². The number of rotatable bonds is 2. The van der Waals surface area contributed by atoms with Crippen molar-refractivity contribution in [2.75, 3.05) is 0 Å². The van der Waals surface area contributed by atoms with E-state index in [1.54, 1.807) is 6.20 Å². The fraction of sp³-hybridized carbons (Fsp3) is 0.267. The third-order valence-corrected chi connectivity index (χ3v) is 3.87. The average Bonchev–Trinajstić information content (AvgIpc) is 3.13. The van der Waals surface area contributed by atoms with Crippen LogP contribution in [0.3, 0.4) is 0 Å². The monoisotopic (exact) mass is 281 g/mol. The van der Waals surface area contributed by atoms with E-state index in [1.165, 1.54) is 0 Å². The van der Waals surface area contributed by atoms with Gasteiger partial charge in [-0.2, -0.15) is 0 Å². The number of aryl methyl sites for hydroxylation is 1. The highest BCUT2D eigenvalue weighted by Gasteiger charge is 2.21. The molecule has 1 amide bonds. The summed E-state index contributed by atoms with van der Waals surface area (Å²) in [5, 5.41) is 3.06. The lowest BCUT2D eigenvalue weighted by Gasteiger charge is -2.24. The normalized spacial score (nSPS) is 17.6. The van der Waals surface area contributed by atoms with Crippen LogP contribution in [0.4, 0.5) is 0 Å². The Morgan fingerprint density at radius 3 is 3.19 bits per heavy atom. The predicted molar refractivity (Wildman–Crippen MR) is 77.0 cm³/mol. The first-order valence-corrected chi connectivity index (χ1v) is 7.04. The lowest BCUT2D eigenvalue weighted by atomic mass is 10.1. The van der Waals surface area contributed by atoms with Gasteiger partial charge in [0.1, 0.15) is 17.2 Å². The van der Waals surface area contributed by atoms with E-state index in [4.69, 9.17) is 0 Å². The van der Waals surface area contributed by atoms with Gasteiger partial charge in [-0.15, -0.1) is 0 Å². The van der Waals surface area contributed by atoms with E-state index >= 15 is 0 Å². The molecule has 0 bridgehead atoms. The summed E-state index contributed by atoms with van der Waals surface area (Å²) < 4.78 is 3.95. The van der Waals surface area contributed by atoms with Crippen molar-refractivity contribution in [3.8, 4) is 0 Å². The van der Waals surface area contributed by atoms with Crippen molar-refractivity contribution in [3.05, 3.63) is 54.5 Å². The van der Waals surface area contributed by atoms with E-state index in [9.17, 15) is 4.79 Å². The van der Waals surface area contributed by atoms with Gasteiger partial charge in [-0.05, 0) is 18.6 Å². The molecule has 0 saturated carbocycles. The molecule has 0 aliphatic carbocycles. The molecule has 1 N–H and O–H groups in total. The molecule has 0 aromatic carbocycles. The molecule has 0 saturated heterocycles. The first kappa shape index (κ1) is 12.1. The number of carbonyl (C=O) groups excluding carboxylic acids is 1. The Morgan fingerprint density at radius 2 is 2.29 bits per heavy atom. The summed E-state index contributed by atoms with van der Waals surface area (Å²) >= 11 is 0. The fourth-order valence-electron chi connectivity index (χ4n) is 2.79. The van der Waals surface area contributed by atoms with Crippen LogP contribution in [-0.4, -0.2) is 30.9 Å². The second kappa shape index (κ2) is 4.73. The number of nitrogens with one attached hydrogen (secondary N) is 1. The molecule has 106 valence electrons. The van der Waals surface area contributed by atoms with Crippen molar-refractivity contribution in [1.29, 1.82) is 0 Å². The molecule has 0 unspecified atom stereocenters. The van der Waals surface area contributed by atoms with Crippen LogP contribution in [0.2, 0.25) is 0 Å². The number of pyridine rings is 1. The van der Waals surface area contributed by atoms with E-state index < -0.39 is 0 Å². The largest absolute Gasteiger partial charge is 0.346 e. The molecule has 4 heterocycles. The first-order chi connectivity index (χ1) is 10.3. The number of imidazole rings is 2. The van der Waals surface area contributed by atoms with E-state index in [0.29, 0.717) is 5.69 Å². The molecule has 3 aromatic heterocycles. The van der Waals surface area contributed by atoms with Crippen molar-refractivity contribution in [2.24, 2.45) is 0 Å². The summed E-state index contributed by atoms with van der Waals surface area (Å²) in [6.45, 7) is 0.772. The standard InChI is InChI=1S/C15H15N5O/c21-15(12-10-19-7-2-1-3-14(19)18-12)17-11-4-5-13-16-6-8-20(13)9-11/h1-3,6-8,10-11H,4-5,9H2,(H,17,21)/t11-/m0/s1. The Hall–Kier alpha value is -2.63. The van der Waals surface area contributed by atoms with Gasteiger partial charge in [-0.1, -0.05) is 6.07 Å². The van der Waals surface area contributed by atoms with Crippen LogP contribution in [0.15, 0.2) is 43.0 Å². The van der Waals surface area contributed by atoms with Crippen LogP contribution in [0, 0.1) is 0 Å². The van der Waals surface area contributed by atoms with Crippen LogP contribution in [0.5, 0.6) is 0 Å². The van der Waals surface area contributed by atoms with Crippen molar-refractivity contribution < 1.29 is 4.79 Å². The molecule has 1 aliphatic heterocycles. The maximum Gasteiger partial charge on any atom is 0.271 e. The third kappa shape index (κ3) is 2.18. The summed E-state index contributed by atoms with van der Waals surface area (Å²) in [6, 6.07) is 5.84. The Morgan fingerprint density at radius 1 is 1.33 bits per heavy atom. The summed E-state index contributed by atoms with van der Waals surface area (Å²) in [6.07, 6.45) is 9.22. The van der Waals surface area contributed by atoms with Crippen LogP contribution in [-0.2, 0) is 13.0 Å². The molecular weight excluding hydrogens is 266 g/mol. The second-order valence-corrected chi connectivity index (χ2v) is 5.30. The molecule has 0 spiro atoms. The molecule has 6 nitrogen and oxygen atoms in total. The zero-order valence-electron chi connectivity index (χ0n) is 11.4. The number of aromatic nitrogens is 4. The molecule has 3 aromatic rings. The minimum Gasteiger partial charge on any atom is -0.346 e. The Labute approximate surface area is 121 Å². The summed E-state index contributed by atoms with van der Waals surface area (Å²) in [5.41, 5.74) is 1.24. The van der Waals surface area contributed by atoms with E-state index in [1.807, 2.05) is 41.2 Å². The van der Waals surface area contributed by atoms with Crippen molar-refractivity contribution >= 4 is 11.6 Å². The Bertz CT molecular complexity index is 770. The number of fused-ring (bicyclic) bond motifs is 2. The predicted octanol–water partition coefficient (Wildman–Crippen LogP) is 1.28. The number of carbonyl (C=O) groups is 1. The number of hydrogen-bond acceptors (Lipinski definition) is 3. The summed E-state index contributed by atoms with van der Waals surface area (Å²) in [4.78, 5) is 21.0. The zero-order valence-corrected chi connectivity index (χ0v) is 11.4. The van der Waals surface area contributed by atoms with Crippen molar-refractivity contribution in [1.82, 2.24) is 24.3 Å². The van der Waals surface area contributed by atoms with E-state index in [-0.39, 0.29) is 11.9 Å². The molecule has 0 radical (unpaired) electrons. The minimum absolute atomic E-state index is 0.118. The van der Waals surface area contributed by atoms with Crippen LogP contribution in [0.25, 0.3) is 5.65 Å². The minimum atomic E-state index is -0.118. The topological polar surface area (TPSA) is 64.2 Å². The first-order valence-electron chi connectivity index (χ1n) is 7.04. The van der Waals surface area contributed by atoms with Gasteiger partial charge in [-0.3, -0.25) is 4.79 Å². The number of amides is 1. The summed E-state index contributed by atoms with van der Waals surface area (Å²) in [5.74, 6) is 0.973. The van der Waals surface area contributed by atoms with Gasteiger partial charge in [0, 0.05) is 43.8 Å². The third-order valence-electron chi connectivity index (χ3n) is 3.87. The summed E-state index contributed by atoms with van der Waals surface area (Å²) in [7, 11) is 0. The smallest absolute Gasteiger partial charge is 0.271 e. The van der Waals surface area contributed by atoms with Gasteiger partial charge in [0.2, 0.25) is 0 Å². The molecule has 0 fully saturated rings. The molecule has 1 aliphatic rings. The molecule has 1 atom stereocenters. The quantitative estimate of drug-likeness (QED) is 0.769. The van der Waals surface area contributed by atoms with Gasteiger partial charge in [0.25, 0.3) is 5.91 Å².